The summed E-state index contributed by atoms with van der Waals surface area (Å²) in [6.45, 7) is 8.52. The monoisotopic (exact) mass is 294 g/mol. The van der Waals surface area contributed by atoms with Crippen molar-refractivity contribution in [1.82, 2.24) is 0 Å². The molecule has 1 rings (SSSR count). The summed E-state index contributed by atoms with van der Waals surface area (Å²) >= 11 is 0. The summed E-state index contributed by atoms with van der Waals surface area (Å²) in [5.41, 5.74) is 1.23. The van der Waals surface area contributed by atoms with Crippen LogP contribution < -0.4 is 0 Å². The third kappa shape index (κ3) is 19.2. The summed E-state index contributed by atoms with van der Waals surface area (Å²) in [6, 6.07) is 0. The van der Waals surface area contributed by atoms with Crippen molar-refractivity contribution in [2.45, 2.75) is 61.1 Å². The molecule has 0 spiro atoms. The molecular formula is C16H29F3O. The summed E-state index contributed by atoms with van der Waals surface area (Å²) in [6.07, 6.45) is 9.95. The minimum absolute atomic E-state index is 0.397. The van der Waals surface area contributed by atoms with Crippen LogP contribution in [0.5, 0.6) is 0 Å². The van der Waals surface area contributed by atoms with Gasteiger partial charge in [0.05, 0.1) is 5.76 Å². The molecular weight excluding hydrogens is 265 g/mol. The molecule has 1 unspecified atom stereocenters. The number of hydrogen-bond acceptors (Lipinski definition) is 1. The number of aliphatic hydroxyl groups excluding tert-OH is 1. The first kappa shape index (κ1) is 23.9. The van der Waals surface area contributed by atoms with Gasteiger partial charge in [0.1, 0.15) is 0 Å². The van der Waals surface area contributed by atoms with Crippen LogP contribution >= 0.6 is 0 Å². The van der Waals surface area contributed by atoms with Gasteiger partial charge in [-0.2, -0.15) is 13.2 Å². The van der Waals surface area contributed by atoms with E-state index in [1.54, 1.807) is 0 Å². The topological polar surface area (TPSA) is 20.2 Å². The maximum Gasteiger partial charge on any atom is 0.379 e. The van der Waals surface area contributed by atoms with Crippen LogP contribution in [0.1, 0.15) is 54.4 Å². The van der Waals surface area contributed by atoms with Gasteiger partial charge in [0.2, 0.25) is 0 Å². The van der Waals surface area contributed by atoms with E-state index >= 15 is 0 Å². The molecule has 0 aliphatic heterocycles. The molecule has 20 heavy (non-hydrogen) atoms. The van der Waals surface area contributed by atoms with E-state index in [1.165, 1.54) is 5.57 Å². The molecule has 1 atom stereocenters. The van der Waals surface area contributed by atoms with E-state index in [4.69, 9.17) is 0 Å². The molecule has 0 fully saturated rings. The zero-order chi connectivity index (χ0) is 16.6. The van der Waals surface area contributed by atoms with E-state index < -0.39 is 6.68 Å². The summed E-state index contributed by atoms with van der Waals surface area (Å²) in [4.78, 5) is 0. The lowest BCUT2D eigenvalue weighted by molar-refractivity contribution is 0.00819. The lowest BCUT2D eigenvalue weighted by Crippen LogP contribution is -1.94. The Balaban J connectivity index is -0.000000306. The smallest absolute Gasteiger partial charge is 0.379 e. The largest absolute Gasteiger partial charge is 0.512 e. The second-order valence-electron chi connectivity index (χ2n) is 3.49. The minimum Gasteiger partial charge on any atom is -0.512 e. The Kier molecular flexibility index (Phi) is 21.3. The Morgan fingerprint density at radius 3 is 2.05 bits per heavy atom. The molecule has 0 aromatic rings. The van der Waals surface area contributed by atoms with Crippen LogP contribution in [0.3, 0.4) is 0 Å². The first-order valence-electron chi connectivity index (χ1n) is 7.12. The fourth-order valence-corrected chi connectivity index (χ4v) is 1.23. The molecule has 120 valence electrons. The van der Waals surface area contributed by atoms with Crippen LogP contribution in [0.2, 0.25) is 0 Å². The lowest BCUT2D eigenvalue weighted by Gasteiger charge is -2.08. The van der Waals surface area contributed by atoms with Crippen LogP contribution in [0.25, 0.3) is 0 Å². The number of allylic oxidation sites excluding steroid dienone is 5. The van der Waals surface area contributed by atoms with Crippen LogP contribution in [-0.4, -0.2) is 11.8 Å². The van der Waals surface area contributed by atoms with Gasteiger partial charge in [-0.15, -0.1) is 0 Å². The first-order valence-corrected chi connectivity index (χ1v) is 7.12. The maximum atomic E-state index is 9.67. The third-order valence-electron chi connectivity index (χ3n) is 2.12. The predicted octanol–water partition coefficient (Wildman–Crippen LogP) is 6.59. The van der Waals surface area contributed by atoms with Crippen molar-refractivity contribution in [2.24, 2.45) is 5.92 Å². The number of rotatable bonds is 1. The van der Waals surface area contributed by atoms with Crippen LogP contribution in [0, 0.1) is 5.92 Å². The Morgan fingerprint density at radius 1 is 1.20 bits per heavy atom. The molecule has 0 saturated heterocycles. The Hall–Kier alpha value is -1.19. The number of aliphatic hydroxyl groups is 1. The van der Waals surface area contributed by atoms with Gasteiger partial charge in [0.15, 0.2) is 0 Å². The van der Waals surface area contributed by atoms with E-state index in [0.29, 0.717) is 18.1 Å². The second kappa shape index (κ2) is 17.8. The van der Waals surface area contributed by atoms with Gasteiger partial charge < -0.3 is 5.11 Å². The van der Waals surface area contributed by atoms with Crippen molar-refractivity contribution in [1.29, 1.82) is 0 Å². The molecule has 0 heterocycles. The molecule has 0 aromatic carbocycles. The zero-order valence-electron chi connectivity index (χ0n) is 13.5. The second-order valence-corrected chi connectivity index (χ2v) is 3.49. The van der Waals surface area contributed by atoms with Gasteiger partial charge in [0, 0.05) is 6.42 Å². The van der Waals surface area contributed by atoms with Crippen molar-refractivity contribution < 1.29 is 18.3 Å². The quantitative estimate of drug-likeness (QED) is 0.578. The SMILES string of the molecule is CC.CC.CCC1C=C/C(C)=C\C/C(O)=C\1.FC(F)F. The molecule has 0 saturated carbocycles. The molecule has 4 heteroatoms. The predicted molar refractivity (Wildman–Crippen MR) is 81.8 cm³/mol. The summed E-state index contributed by atoms with van der Waals surface area (Å²) in [7, 11) is 0. The van der Waals surface area contributed by atoms with Crippen LogP contribution in [-0.2, 0) is 0 Å². The molecule has 1 N–H and O–H groups in total. The number of alkyl halides is 3. The van der Waals surface area contributed by atoms with Crippen LogP contribution in [0.4, 0.5) is 13.2 Å². The number of hydrogen-bond donors (Lipinski definition) is 1. The van der Waals surface area contributed by atoms with Crippen molar-refractivity contribution in [2.75, 3.05) is 0 Å². The minimum atomic E-state index is -3.67. The van der Waals surface area contributed by atoms with E-state index in [2.05, 4.69) is 26.0 Å². The Labute approximate surface area is 121 Å². The first-order chi connectivity index (χ1) is 9.45. The maximum absolute atomic E-state index is 9.67. The van der Waals surface area contributed by atoms with Gasteiger partial charge in [-0.05, 0) is 25.3 Å². The van der Waals surface area contributed by atoms with Crippen LogP contribution in [0.15, 0.2) is 35.6 Å². The van der Waals surface area contributed by atoms with Crippen molar-refractivity contribution in [3.63, 3.8) is 0 Å². The highest BCUT2D eigenvalue weighted by Gasteiger charge is 2.02. The Morgan fingerprint density at radius 2 is 1.65 bits per heavy atom. The average molecular weight is 294 g/mol. The van der Waals surface area contributed by atoms with E-state index in [-0.39, 0.29) is 0 Å². The van der Waals surface area contributed by atoms with Crippen molar-refractivity contribution in [3.8, 4) is 0 Å². The van der Waals surface area contributed by atoms with Gasteiger partial charge in [-0.25, -0.2) is 0 Å². The summed E-state index contributed by atoms with van der Waals surface area (Å²) in [5, 5.41) is 9.42. The fourth-order valence-electron chi connectivity index (χ4n) is 1.23. The number of halogens is 3. The normalized spacial score (nSPS) is 22.0. The van der Waals surface area contributed by atoms with E-state index in [1.807, 2.05) is 39.8 Å². The third-order valence-corrected chi connectivity index (χ3v) is 2.12. The highest BCUT2D eigenvalue weighted by molar-refractivity contribution is 5.22. The lowest BCUT2D eigenvalue weighted by atomic mass is 10.0. The van der Waals surface area contributed by atoms with Crippen molar-refractivity contribution >= 4 is 0 Å². The highest BCUT2D eigenvalue weighted by Crippen LogP contribution is 2.16. The molecule has 1 nitrogen and oxygen atoms in total. The fraction of sp³-hybridized carbons (Fsp3) is 0.625. The zero-order valence-corrected chi connectivity index (χ0v) is 13.5. The molecule has 0 radical (unpaired) electrons. The van der Waals surface area contributed by atoms with Gasteiger partial charge >= 0.3 is 6.68 Å². The van der Waals surface area contributed by atoms with Gasteiger partial charge in [0.25, 0.3) is 0 Å². The van der Waals surface area contributed by atoms with E-state index in [0.717, 1.165) is 6.42 Å². The Bertz CT molecular complexity index is 279. The van der Waals surface area contributed by atoms with Gasteiger partial charge in [-0.1, -0.05) is 58.4 Å². The highest BCUT2D eigenvalue weighted by atomic mass is 19.4. The summed E-state index contributed by atoms with van der Waals surface area (Å²) in [5.74, 6) is 0.888. The van der Waals surface area contributed by atoms with Gasteiger partial charge in [-0.3, -0.25) is 0 Å². The molecule has 0 aromatic heterocycles. The molecule has 0 bridgehead atoms. The van der Waals surface area contributed by atoms with E-state index in [9.17, 15) is 18.3 Å². The molecule has 0 amide bonds. The standard InChI is InChI=1S/C11H16O.2C2H6.CHF3/c1-3-10-6-4-9(2)5-7-11(12)8-10;2*1-2;2-1(3)4/h4-6,8,10,12H,3,7H2,1-2H3;2*1-2H3;1H/b6-4?,9-5-,11-8+;;;. The average Bonchev–Trinajstić information content (AvgIpc) is 2.43. The molecule has 1 aliphatic carbocycles. The summed E-state index contributed by atoms with van der Waals surface area (Å²) < 4.78 is 29.0. The molecule has 1 aliphatic rings. The van der Waals surface area contributed by atoms with Crippen molar-refractivity contribution in [3.05, 3.63) is 35.6 Å².